The van der Waals surface area contributed by atoms with Crippen LogP contribution in [0.2, 0.25) is 0 Å². The minimum Gasteiger partial charge on any atom is -0.0622 e. The summed E-state index contributed by atoms with van der Waals surface area (Å²) in [6, 6.07) is 87.1. The molecule has 0 heterocycles. The Morgan fingerprint density at radius 3 is 0.871 bits per heavy atom. The van der Waals surface area contributed by atoms with E-state index in [2.05, 4.69) is 258 Å². The lowest BCUT2D eigenvalue weighted by molar-refractivity contribution is 0.660. The van der Waals surface area contributed by atoms with Crippen LogP contribution < -0.4 is 0 Å². The molecule has 70 heavy (non-hydrogen) atoms. The van der Waals surface area contributed by atoms with Gasteiger partial charge in [0.25, 0.3) is 0 Å². The molecule has 0 aliphatic heterocycles. The first kappa shape index (κ1) is 40.7. The molecular formula is C70H50. The Morgan fingerprint density at radius 1 is 0.200 bits per heavy atom. The molecule has 0 saturated carbocycles. The van der Waals surface area contributed by atoms with Crippen molar-refractivity contribution in [2.75, 3.05) is 0 Å². The first-order valence-corrected chi connectivity index (χ1v) is 24.8. The summed E-state index contributed by atoms with van der Waals surface area (Å²) in [5.41, 5.74) is 25.6. The maximum atomic E-state index is 2.48. The molecule has 0 aromatic heterocycles. The second kappa shape index (κ2) is 15.1. The van der Waals surface area contributed by atoms with Gasteiger partial charge in [0.1, 0.15) is 0 Å². The predicted octanol–water partition coefficient (Wildman–Crippen LogP) is 19.2. The van der Waals surface area contributed by atoms with Crippen LogP contribution in [0.3, 0.4) is 0 Å². The van der Waals surface area contributed by atoms with E-state index in [0.29, 0.717) is 0 Å². The van der Waals surface area contributed by atoms with E-state index in [1.807, 2.05) is 0 Å². The van der Waals surface area contributed by atoms with Crippen LogP contribution in [0.1, 0.15) is 49.9 Å². The lowest BCUT2D eigenvalue weighted by atomic mass is 9.80. The van der Waals surface area contributed by atoms with E-state index in [4.69, 9.17) is 0 Å². The third-order valence-corrected chi connectivity index (χ3v) is 16.3. The maximum Gasteiger partial charge on any atom is 0.0158 e. The highest BCUT2D eigenvalue weighted by Gasteiger charge is 2.37. The summed E-state index contributed by atoms with van der Waals surface area (Å²) >= 11 is 0. The maximum absolute atomic E-state index is 2.48. The van der Waals surface area contributed by atoms with Crippen LogP contribution in [0.25, 0.3) is 121 Å². The highest BCUT2D eigenvalue weighted by Crippen LogP contribution is 2.54. The summed E-state index contributed by atoms with van der Waals surface area (Å²) in [6.07, 6.45) is 0. The van der Waals surface area contributed by atoms with Crippen LogP contribution in [0.15, 0.2) is 231 Å². The van der Waals surface area contributed by atoms with Crippen LogP contribution in [0, 0.1) is 0 Å². The van der Waals surface area contributed by atoms with Crippen molar-refractivity contribution in [1.82, 2.24) is 0 Å². The molecule has 0 spiro atoms. The minimum atomic E-state index is -0.0692. The zero-order valence-electron chi connectivity index (χ0n) is 39.9. The lowest BCUT2D eigenvalue weighted by Crippen LogP contribution is -2.14. The van der Waals surface area contributed by atoms with Crippen molar-refractivity contribution < 1.29 is 0 Å². The molecule has 12 aromatic rings. The Labute approximate surface area is 410 Å². The van der Waals surface area contributed by atoms with Crippen LogP contribution in [-0.4, -0.2) is 0 Å². The smallest absolute Gasteiger partial charge is 0.0158 e. The molecule has 12 aromatic carbocycles. The molecule has 0 amide bonds. The highest BCUT2D eigenvalue weighted by atomic mass is 14.4. The summed E-state index contributed by atoms with van der Waals surface area (Å²) in [6.45, 7) is 9.48. The molecule has 0 atom stereocenters. The molecular weight excluding hydrogens is 841 g/mol. The van der Waals surface area contributed by atoms with Gasteiger partial charge in [0.15, 0.2) is 0 Å². The van der Waals surface area contributed by atoms with E-state index in [1.54, 1.807) is 0 Å². The first-order valence-electron chi connectivity index (χ1n) is 24.8. The molecule has 0 heteroatoms. The van der Waals surface area contributed by atoms with Crippen molar-refractivity contribution in [3.8, 4) is 89.0 Å². The molecule has 0 N–H and O–H groups in total. The van der Waals surface area contributed by atoms with Crippen molar-refractivity contribution in [2.24, 2.45) is 0 Å². The lowest BCUT2D eigenvalue weighted by Gasteiger charge is -2.23. The molecule has 0 unspecified atom stereocenters. The number of benzene rings is 12. The third-order valence-electron chi connectivity index (χ3n) is 16.3. The number of rotatable bonds is 6. The Morgan fingerprint density at radius 2 is 0.486 bits per heavy atom. The molecule has 0 radical (unpaired) electrons. The van der Waals surface area contributed by atoms with Crippen molar-refractivity contribution in [1.29, 1.82) is 0 Å². The molecule has 2 aliphatic rings. The van der Waals surface area contributed by atoms with Gasteiger partial charge in [-0.2, -0.15) is 0 Å². The van der Waals surface area contributed by atoms with Crippen LogP contribution >= 0.6 is 0 Å². The minimum absolute atomic E-state index is 0.0692. The largest absolute Gasteiger partial charge is 0.0622 e. The molecule has 330 valence electrons. The second-order valence-electron chi connectivity index (χ2n) is 20.8. The van der Waals surface area contributed by atoms with Crippen molar-refractivity contribution in [2.45, 2.75) is 38.5 Å². The van der Waals surface area contributed by atoms with E-state index in [1.165, 1.54) is 144 Å². The summed E-state index contributed by atoms with van der Waals surface area (Å²) in [5, 5.41) is 7.71. The van der Waals surface area contributed by atoms with E-state index < -0.39 is 0 Å². The van der Waals surface area contributed by atoms with Crippen LogP contribution in [-0.2, 0) is 10.8 Å². The van der Waals surface area contributed by atoms with Gasteiger partial charge in [-0.15, -0.1) is 0 Å². The van der Waals surface area contributed by atoms with Crippen LogP contribution in [0.5, 0.6) is 0 Å². The summed E-state index contributed by atoms with van der Waals surface area (Å²) in [4.78, 5) is 0. The van der Waals surface area contributed by atoms with Crippen molar-refractivity contribution >= 4 is 32.3 Å². The highest BCUT2D eigenvalue weighted by molar-refractivity contribution is 6.32. The fourth-order valence-corrected chi connectivity index (χ4v) is 12.7. The molecule has 0 bridgehead atoms. The average molecular weight is 891 g/mol. The quantitative estimate of drug-likeness (QED) is 0.146. The van der Waals surface area contributed by atoms with Gasteiger partial charge in [-0.3, -0.25) is 0 Å². The normalized spacial score (nSPS) is 13.9. The Kier molecular flexibility index (Phi) is 8.78. The molecule has 0 fully saturated rings. The van der Waals surface area contributed by atoms with Crippen molar-refractivity contribution in [3.05, 3.63) is 253 Å². The predicted molar refractivity (Wildman–Crippen MR) is 298 cm³/mol. The standard InChI is InChI=1S/C70H50/c1-69(2)63-21-13-11-19-51(63)61-39-49(31-37-65(61)69)59-41-57(47-27-23-45(24-28-47)43-15-7-5-8-16-43)53-34-36-56-60(50-32-38-66-62(40-50)52-20-12-14-22-64(52)70(66,3)4)42-58(54-33-35-55(59)67(53)68(54)56)48-29-25-46(26-30-48)44-17-9-6-10-18-44/h5-42H,1-4H3. The summed E-state index contributed by atoms with van der Waals surface area (Å²) in [5.74, 6) is 0. The Balaban J connectivity index is 1.06. The number of hydrogen-bond acceptors (Lipinski definition) is 0. The SMILES string of the molecule is CC1(C)c2ccccc2-c2cc(-c3cc(-c4ccc(-c5ccccc5)cc4)c4ccc5c(-c6ccc7c(c6)-c6ccccc6C7(C)C)cc(-c6ccc(-c7ccccc7)cc6)c6ccc3c4c65)ccc21. The number of fused-ring (bicyclic) bond motifs is 6. The van der Waals surface area contributed by atoms with Gasteiger partial charge >= 0.3 is 0 Å². The fraction of sp³-hybridized carbons (Fsp3) is 0.0857. The summed E-state index contributed by atoms with van der Waals surface area (Å²) < 4.78 is 0. The second-order valence-corrected chi connectivity index (χ2v) is 20.8. The van der Waals surface area contributed by atoms with Gasteiger partial charge in [-0.05, 0) is 168 Å². The molecule has 0 saturated heterocycles. The van der Waals surface area contributed by atoms with E-state index in [0.717, 1.165) is 0 Å². The first-order chi connectivity index (χ1) is 34.2. The topological polar surface area (TPSA) is 0 Å². The molecule has 2 aliphatic carbocycles. The molecule has 0 nitrogen and oxygen atoms in total. The Hall–Kier alpha value is -8.32. The van der Waals surface area contributed by atoms with E-state index in [9.17, 15) is 0 Å². The Bertz CT molecular complexity index is 3790. The third kappa shape index (κ3) is 5.96. The monoisotopic (exact) mass is 890 g/mol. The van der Waals surface area contributed by atoms with E-state index >= 15 is 0 Å². The van der Waals surface area contributed by atoms with Gasteiger partial charge in [-0.25, -0.2) is 0 Å². The van der Waals surface area contributed by atoms with Gasteiger partial charge < -0.3 is 0 Å². The van der Waals surface area contributed by atoms with Gasteiger partial charge in [-0.1, -0.05) is 234 Å². The number of hydrogen-bond donors (Lipinski definition) is 0. The average Bonchev–Trinajstić information content (AvgIpc) is 3.79. The zero-order valence-corrected chi connectivity index (χ0v) is 39.9. The van der Waals surface area contributed by atoms with Crippen LogP contribution in [0.4, 0.5) is 0 Å². The fourth-order valence-electron chi connectivity index (χ4n) is 12.7. The van der Waals surface area contributed by atoms with Crippen molar-refractivity contribution in [3.63, 3.8) is 0 Å². The van der Waals surface area contributed by atoms with Gasteiger partial charge in [0.2, 0.25) is 0 Å². The summed E-state index contributed by atoms with van der Waals surface area (Å²) in [7, 11) is 0. The van der Waals surface area contributed by atoms with Gasteiger partial charge in [0.05, 0.1) is 0 Å². The zero-order chi connectivity index (χ0) is 46.9. The van der Waals surface area contributed by atoms with Gasteiger partial charge in [0, 0.05) is 10.8 Å². The van der Waals surface area contributed by atoms with E-state index in [-0.39, 0.29) is 10.8 Å². The molecule has 14 rings (SSSR count).